The molecule has 1 rings (SSSR count). The van der Waals surface area contributed by atoms with Crippen molar-refractivity contribution in [3.05, 3.63) is 35.1 Å². The number of carbonyl (C=O) groups excluding carboxylic acids is 1. The van der Waals surface area contributed by atoms with Gasteiger partial charge in [-0.3, -0.25) is 4.79 Å². The second kappa shape index (κ2) is 4.82. The van der Waals surface area contributed by atoms with E-state index >= 15 is 0 Å². The van der Waals surface area contributed by atoms with Crippen molar-refractivity contribution in [1.29, 1.82) is 0 Å². The molecule has 0 amide bonds. The van der Waals surface area contributed by atoms with Crippen LogP contribution in [0.3, 0.4) is 0 Å². The molecule has 0 aliphatic carbocycles. The van der Waals surface area contributed by atoms with Gasteiger partial charge >= 0.3 is 5.97 Å². The molecule has 0 aliphatic rings. The summed E-state index contributed by atoms with van der Waals surface area (Å²) in [6, 6.07) is 2.88. The Hall–Kier alpha value is -1.79. The minimum atomic E-state index is -2.07. The summed E-state index contributed by atoms with van der Waals surface area (Å²) < 4.78 is 12.9. The van der Waals surface area contributed by atoms with Crippen LogP contribution in [0.15, 0.2) is 18.2 Å². The van der Waals surface area contributed by atoms with Crippen molar-refractivity contribution < 1.29 is 29.3 Å². The summed E-state index contributed by atoms with van der Waals surface area (Å²) in [6.45, 7) is 0. The maximum atomic E-state index is 12.9. The van der Waals surface area contributed by atoms with E-state index in [0.717, 1.165) is 18.2 Å². The van der Waals surface area contributed by atoms with Crippen LogP contribution in [0.4, 0.5) is 4.39 Å². The Bertz CT molecular complexity index is 418. The topological polar surface area (TPSA) is 94.8 Å². The van der Waals surface area contributed by atoms with Gasteiger partial charge in [0.05, 0.1) is 0 Å². The Morgan fingerprint density at radius 3 is 2.44 bits per heavy atom. The predicted octanol–water partition coefficient (Wildman–Crippen LogP) is 0.117. The summed E-state index contributed by atoms with van der Waals surface area (Å²) in [7, 11) is 0. The van der Waals surface area contributed by atoms with E-state index in [1.165, 1.54) is 0 Å². The van der Waals surface area contributed by atoms with Gasteiger partial charge in [-0.1, -0.05) is 0 Å². The highest BCUT2D eigenvalue weighted by atomic mass is 19.1. The number of aliphatic hydroxyl groups excluding tert-OH is 2. The second-order valence-electron chi connectivity index (χ2n) is 3.16. The lowest BCUT2D eigenvalue weighted by atomic mass is 10.0. The lowest BCUT2D eigenvalue weighted by Crippen LogP contribution is -2.27. The predicted molar refractivity (Wildman–Crippen MR) is 50.4 cm³/mol. The molecule has 0 saturated carbocycles. The van der Waals surface area contributed by atoms with Gasteiger partial charge in [0.2, 0.25) is 0 Å². The van der Waals surface area contributed by atoms with Crippen LogP contribution in [0.25, 0.3) is 0 Å². The summed E-state index contributed by atoms with van der Waals surface area (Å²) >= 11 is 0. The highest BCUT2D eigenvalue weighted by molar-refractivity contribution is 5.76. The second-order valence-corrected chi connectivity index (χ2v) is 3.16. The SMILES string of the molecule is O=Cc1cc(F)cc(C(O)C(O)C(=O)O)c1. The van der Waals surface area contributed by atoms with Crippen molar-refractivity contribution in [2.24, 2.45) is 0 Å². The molecular weight excluding hydrogens is 219 g/mol. The molecule has 0 spiro atoms. The minimum absolute atomic E-state index is 0.0494. The number of aliphatic hydroxyl groups is 2. The quantitative estimate of drug-likeness (QED) is 0.636. The molecule has 1 aromatic rings. The van der Waals surface area contributed by atoms with Gasteiger partial charge in [0.15, 0.2) is 6.10 Å². The summed E-state index contributed by atoms with van der Waals surface area (Å²) in [5.74, 6) is -2.43. The average Bonchev–Trinajstić information content (AvgIpc) is 2.25. The number of carboxylic acid groups (broad SMARTS) is 1. The van der Waals surface area contributed by atoms with Crippen molar-refractivity contribution in [2.75, 3.05) is 0 Å². The van der Waals surface area contributed by atoms with E-state index < -0.39 is 24.0 Å². The third-order valence-corrected chi connectivity index (χ3v) is 1.97. The molecule has 5 nitrogen and oxygen atoms in total. The number of aliphatic carboxylic acids is 1. The maximum Gasteiger partial charge on any atom is 0.335 e. The standard InChI is InChI=1S/C10H9FO5/c11-7-2-5(4-12)1-6(3-7)8(13)9(14)10(15)16/h1-4,8-9,13-14H,(H,15,16). The van der Waals surface area contributed by atoms with E-state index in [2.05, 4.69) is 0 Å². The van der Waals surface area contributed by atoms with Crippen LogP contribution in [-0.2, 0) is 4.79 Å². The molecule has 3 N–H and O–H groups in total. The minimum Gasteiger partial charge on any atom is -0.479 e. The molecule has 2 atom stereocenters. The van der Waals surface area contributed by atoms with Gasteiger partial charge in [0.1, 0.15) is 18.2 Å². The number of carboxylic acids is 1. The molecule has 0 fully saturated rings. The first-order valence-corrected chi connectivity index (χ1v) is 4.30. The van der Waals surface area contributed by atoms with Crippen molar-refractivity contribution in [3.63, 3.8) is 0 Å². The summed E-state index contributed by atoms with van der Waals surface area (Å²) in [4.78, 5) is 20.8. The third-order valence-electron chi connectivity index (χ3n) is 1.97. The Labute approximate surface area is 89.8 Å². The van der Waals surface area contributed by atoms with Crippen LogP contribution in [-0.4, -0.2) is 33.7 Å². The molecule has 0 aromatic heterocycles. The maximum absolute atomic E-state index is 12.9. The Morgan fingerprint density at radius 2 is 1.94 bits per heavy atom. The molecule has 2 unspecified atom stereocenters. The first kappa shape index (κ1) is 12.3. The van der Waals surface area contributed by atoms with Gasteiger partial charge in [-0.05, 0) is 23.8 Å². The largest absolute Gasteiger partial charge is 0.479 e. The number of rotatable bonds is 4. The van der Waals surface area contributed by atoms with Crippen molar-refractivity contribution in [3.8, 4) is 0 Å². The van der Waals surface area contributed by atoms with E-state index in [9.17, 15) is 19.1 Å². The first-order valence-electron chi connectivity index (χ1n) is 4.30. The van der Waals surface area contributed by atoms with Crippen molar-refractivity contribution in [2.45, 2.75) is 12.2 Å². The Morgan fingerprint density at radius 1 is 1.31 bits per heavy atom. The van der Waals surface area contributed by atoms with Gasteiger partial charge in [0, 0.05) is 5.56 Å². The van der Waals surface area contributed by atoms with Crippen molar-refractivity contribution in [1.82, 2.24) is 0 Å². The van der Waals surface area contributed by atoms with Gasteiger partial charge < -0.3 is 15.3 Å². The molecule has 0 saturated heterocycles. The molecule has 0 aliphatic heterocycles. The number of carbonyl (C=O) groups is 2. The molecule has 1 aromatic carbocycles. The van der Waals surface area contributed by atoms with Gasteiger partial charge in [0.25, 0.3) is 0 Å². The third kappa shape index (κ3) is 2.62. The Kier molecular flexibility index (Phi) is 3.70. The first-order chi connectivity index (χ1) is 7.45. The number of aldehydes is 1. The zero-order valence-electron chi connectivity index (χ0n) is 8.00. The lowest BCUT2D eigenvalue weighted by Gasteiger charge is -2.14. The van der Waals surface area contributed by atoms with Gasteiger partial charge in [-0.2, -0.15) is 0 Å². The van der Waals surface area contributed by atoms with E-state index in [4.69, 9.17) is 10.2 Å². The van der Waals surface area contributed by atoms with E-state index in [1.807, 2.05) is 0 Å². The van der Waals surface area contributed by atoms with Crippen LogP contribution in [0, 0.1) is 5.82 Å². The zero-order valence-corrected chi connectivity index (χ0v) is 8.00. The number of halogens is 1. The molecular formula is C10H9FO5. The molecule has 6 heteroatoms. The fraction of sp³-hybridized carbons (Fsp3) is 0.200. The zero-order chi connectivity index (χ0) is 12.3. The Balaban J connectivity index is 3.07. The van der Waals surface area contributed by atoms with Crippen LogP contribution in [0.2, 0.25) is 0 Å². The van der Waals surface area contributed by atoms with E-state index in [0.29, 0.717) is 6.29 Å². The molecule has 0 heterocycles. The number of benzene rings is 1. The fourth-order valence-electron chi connectivity index (χ4n) is 1.19. The number of hydrogen-bond acceptors (Lipinski definition) is 4. The molecule has 16 heavy (non-hydrogen) atoms. The van der Waals surface area contributed by atoms with Crippen LogP contribution in [0.5, 0.6) is 0 Å². The van der Waals surface area contributed by atoms with Crippen LogP contribution in [0.1, 0.15) is 22.0 Å². The molecule has 86 valence electrons. The fourth-order valence-corrected chi connectivity index (χ4v) is 1.19. The van der Waals surface area contributed by atoms with Crippen LogP contribution >= 0.6 is 0 Å². The summed E-state index contributed by atoms with van der Waals surface area (Å²) in [5, 5.41) is 26.9. The van der Waals surface area contributed by atoms with Crippen molar-refractivity contribution >= 4 is 12.3 Å². The number of hydrogen-bond donors (Lipinski definition) is 3. The lowest BCUT2D eigenvalue weighted by molar-refractivity contribution is -0.153. The monoisotopic (exact) mass is 228 g/mol. The van der Waals surface area contributed by atoms with E-state index in [1.54, 1.807) is 0 Å². The highest BCUT2D eigenvalue weighted by Gasteiger charge is 2.25. The molecule has 0 bridgehead atoms. The van der Waals surface area contributed by atoms with Gasteiger partial charge in [-0.15, -0.1) is 0 Å². The van der Waals surface area contributed by atoms with Crippen LogP contribution < -0.4 is 0 Å². The smallest absolute Gasteiger partial charge is 0.335 e. The summed E-state index contributed by atoms with van der Waals surface area (Å²) in [6.07, 6.45) is -3.50. The normalized spacial score (nSPS) is 14.2. The van der Waals surface area contributed by atoms with Gasteiger partial charge in [-0.25, -0.2) is 9.18 Å². The highest BCUT2D eigenvalue weighted by Crippen LogP contribution is 2.19. The average molecular weight is 228 g/mol. The molecule has 0 radical (unpaired) electrons. The van der Waals surface area contributed by atoms with E-state index in [-0.39, 0.29) is 11.1 Å². The summed E-state index contributed by atoms with van der Waals surface area (Å²) in [5.41, 5.74) is -0.219.